The summed E-state index contributed by atoms with van der Waals surface area (Å²) in [6.45, 7) is 6.49. The van der Waals surface area contributed by atoms with Gasteiger partial charge in [-0.05, 0) is 43.7 Å². The Kier molecular flexibility index (Phi) is 4.23. The highest BCUT2D eigenvalue weighted by Gasteiger charge is 2.34. The van der Waals surface area contributed by atoms with E-state index in [1.54, 1.807) is 12.3 Å². The lowest BCUT2D eigenvalue weighted by Gasteiger charge is -2.34. The topological polar surface area (TPSA) is 66.1 Å². The van der Waals surface area contributed by atoms with Gasteiger partial charge in [-0.3, -0.25) is 14.3 Å². The number of hydrogen-bond acceptors (Lipinski definition) is 4. The van der Waals surface area contributed by atoms with Crippen LogP contribution in [0.3, 0.4) is 0 Å². The van der Waals surface area contributed by atoms with Gasteiger partial charge >= 0.3 is 0 Å². The zero-order chi connectivity index (χ0) is 22.1. The van der Waals surface area contributed by atoms with Crippen LogP contribution in [-0.2, 0) is 12.8 Å². The first-order valence-corrected chi connectivity index (χ1v) is 11.6. The van der Waals surface area contributed by atoms with Crippen LogP contribution < -0.4 is 10.2 Å². The molecule has 1 atom stereocenters. The Labute approximate surface area is 186 Å². The third-order valence-corrected chi connectivity index (χ3v) is 7.16. The number of pyridine rings is 1. The molecule has 3 aromatic rings. The predicted octanol–water partition coefficient (Wildman–Crippen LogP) is 4.60. The number of hydrogen-bond donors (Lipinski definition) is 0. The molecule has 6 heteroatoms. The van der Waals surface area contributed by atoms with E-state index in [1.807, 2.05) is 6.20 Å². The van der Waals surface area contributed by atoms with Gasteiger partial charge in [0.25, 0.3) is 0 Å². The number of ketones is 1. The maximum absolute atomic E-state index is 12.8. The summed E-state index contributed by atoms with van der Waals surface area (Å²) in [5, 5.41) is 4.59. The Hall–Kier alpha value is -3.15. The van der Waals surface area contributed by atoms with Crippen LogP contribution >= 0.6 is 0 Å². The molecule has 0 N–H and O–H groups in total. The monoisotopic (exact) mass is 429 g/mol. The molecule has 2 aliphatic heterocycles. The molecule has 1 unspecified atom stereocenters. The molecule has 1 saturated carbocycles. The highest BCUT2D eigenvalue weighted by molar-refractivity contribution is 5.94. The van der Waals surface area contributed by atoms with Gasteiger partial charge in [0.15, 0.2) is 11.2 Å². The van der Waals surface area contributed by atoms with E-state index >= 15 is 0 Å². The van der Waals surface area contributed by atoms with Crippen molar-refractivity contribution in [2.45, 2.75) is 58.5 Å². The van der Waals surface area contributed by atoms with Gasteiger partial charge in [-0.2, -0.15) is 5.10 Å². The van der Waals surface area contributed by atoms with Crippen LogP contribution in [0.2, 0.25) is 0 Å². The normalized spacial score (nSPS) is 18.8. The highest BCUT2D eigenvalue weighted by atomic mass is 16.5. The van der Waals surface area contributed by atoms with Crippen molar-refractivity contribution in [2.75, 3.05) is 6.61 Å². The molecule has 32 heavy (non-hydrogen) atoms. The minimum atomic E-state index is -0.207. The number of rotatable bonds is 4. The summed E-state index contributed by atoms with van der Waals surface area (Å²) in [4.78, 5) is 24.9. The van der Waals surface area contributed by atoms with Crippen molar-refractivity contribution in [3.8, 4) is 28.1 Å². The van der Waals surface area contributed by atoms with Gasteiger partial charge in [-0.1, -0.05) is 13.8 Å². The number of carbonyl (C=O) groups excluding carboxylic acids is 1. The number of carbonyl (C=O) groups is 1. The molecule has 0 bridgehead atoms. The molecule has 2 aromatic heterocycles. The first-order chi connectivity index (χ1) is 15.4. The van der Waals surface area contributed by atoms with Gasteiger partial charge in [0.2, 0.25) is 0 Å². The van der Waals surface area contributed by atoms with Gasteiger partial charge in [0.05, 0.1) is 30.1 Å². The van der Waals surface area contributed by atoms with Crippen molar-refractivity contribution >= 4 is 5.78 Å². The molecule has 0 spiro atoms. The Balaban J connectivity index is 1.58. The van der Waals surface area contributed by atoms with Gasteiger partial charge in [-0.15, -0.1) is 0 Å². The van der Waals surface area contributed by atoms with E-state index in [0.717, 1.165) is 41.0 Å². The van der Waals surface area contributed by atoms with Crippen molar-refractivity contribution in [1.82, 2.24) is 14.3 Å². The van der Waals surface area contributed by atoms with Crippen LogP contribution in [0.5, 0.6) is 5.75 Å². The first-order valence-electron chi connectivity index (χ1n) is 11.6. The lowest BCUT2D eigenvalue weighted by molar-refractivity contribution is 0.101. The minimum absolute atomic E-state index is 0.179. The lowest BCUT2D eigenvalue weighted by Crippen LogP contribution is -2.28. The largest absolute Gasteiger partial charge is 0.492 e. The summed E-state index contributed by atoms with van der Waals surface area (Å²) in [5.41, 5.74) is 6.68. The quantitative estimate of drug-likeness (QED) is 0.569. The molecule has 1 aliphatic carbocycles. The van der Waals surface area contributed by atoms with Crippen molar-refractivity contribution < 1.29 is 9.53 Å². The summed E-state index contributed by atoms with van der Waals surface area (Å²) >= 11 is 0. The molecule has 164 valence electrons. The number of Topliss-reactive ketones (excluding diaryl/α,β-unsaturated/α-hetero) is 1. The van der Waals surface area contributed by atoms with E-state index < -0.39 is 0 Å². The Bertz CT molecular complexity index is 1330. The molecule has 4 heterocycles. The van der Waals surface area contributed by atoms with E-state index in [-0.39, 0.29) is 22.8 Å². The molecule has 0 radical (unpaired) electrons. The van der Waals surface area contributed by atoms with Crippen LogP contribution in [0, 0.1) is 5.92 Å². The summed E-state index contributed by atoms with van der Waals surface area (Å²) in [5.74, 6) is 1.08. The maximum atomic E-state index is 12.8. The van der Waals surface area contributed by atoms with E-state index in [9.17, 15) is 9.59 Å². The average Bonchev–Trinajstić information content (AvgIpc) is 3.29. The molecular formula is C26H27N3O3. The number of aromatic nitrogens is 3. The van der Waals surface area contributed by atoms with E-state index in [1.165, 1.54) is 30.9 Å². The molecule has 6 rings (SSSR count). The Morgan fingerprint density at radius 2 is 2.03 bits per heavy atom. The molecule has 1 aromatic carbocycles. The second-order valence-electron chi connectivity index (χ2n) is 9.72. The van der Waals surface area contributed by atoms with Gasteiger partial charge in [0.1, 0.15) is 5.75 Å². The zero-order valence-corrected chi connectivity index (χ0v) is 18.7. The fourth-order valence-corrected chi connectivity index (χ4v) is 5.32. The second-order valence-corrected chi connectivity index (χ2v) is 9.72. The zero-order valence-electron chi connectivity index (χ0n) is 18.7. The van der Waals surface area contributed by atoms with Crippen LogP contribution in [0.4, 0.5) is 0 Å². The molecule has 6 nitrogen and oxygen atoms in total. The van der Waals surface area contributed by atoms with Crippen molar-refractivity contribution in [3.63, 3.8) is 0 Å². The Morgan fingerprint density at radius 3 is 2.75 bits per heavy atom. The molecular weight excluding hydrogens is 402 g/mol. The standard InChI is InChI=1S/C26H27N3O3/c1-14(2)22-9-16-8-20(17-11-27-29(12-17)18-4-5-18)26-19(6-7-32-26)25(16)23-10-24(31)21(15(3)30)13-28(22)23/h8,10-14,18,22H,4-7,9H2,1-3H3. The van der Waals surface area contributed by atoms with Gasteiger partial charge in [-0.25, -0.2) is 0 Å². The fraction of sp³-hybridized carbons (Fsp3) is 0.423. The van der Waals surface area contributed by atoms with E-state index in [0.29, 0.717) is 18.6 Å². The maximum Gasteiger partial charge on any atom is 0.192 e. The number of nitrogens with zero attached hydrogens (tertiary/aromatic N) is 3. The first kappa shape index (κ1) is 19.5. The molecule has 0 saturated heterocycles. The van der Waals surface area contributed by atoms with Crippen molar-refractivity contribution in [3.05, 3.63) is 57.6 Å². The number of benzene rings is 1. The summed E-state index contributed by atoms with van der Waals surface area (Å²) in [6, 6.07) is 4.62. The SMILES string of the molecule is CC(=O)c1cn2c(cc1=O)-c1c(cc(-c3cnn(C4CC4)c3)c3c1CCO3)CC2C(C)C. The molecule has 3 aliphatic rings. The third-order valence-electron chi connectivity index (χ3n) is 7.16. The van der Waals surface area contributed by atoms with Crippen molar-refractivity contribution in [2.24, 2.45) is 5.92 Å². The summed E-state index contributed by atoms with van der Waals surface area (Å²) in [7, 11) is 0. The highest BCUT2D eigenvalue weighted by Crippen LogP contribution is 2.48. The minimum Gasteiger partial charge on any atom is -0.492 e. The Morgan fingerprint density at radius 1 is 1.22 bits per heavy atom. The lowest BCUT2D eigenvalue weighted by atomic mass is 9.82. The molecule has 1 fully saturated rings. The van der Waals surface area contributed by atoms with E-state index in [2.05, 4.69) is 40.5 Å². The van der Waals surface area contributed by atoms with Crippen LogP contribution in [0.1, 0.15) is 67.2 Å². The average molecular weight is 430 g/mol. The fourth-order valence-electron chi connectivity index (χ4n) is 5.32. The smallest absolute Gasteiger partial charge is 0.192 e. The van der Waals surface area contributed by atoms with E-state index in [4.69, 9.17) is 4.74 Å². The van der Waals surface area contributed by atoms with Crippen LogP contribution in [0.15, 0.2) is 35.5 Å². The van der Waals surface area contributed by atoms with Crippen LogP contribution in [-0.4, -0.2) is 26.7 Å². The molecule has 0 amide bonds. The summed E-state index contributed by atoms with van der Waals surface area (Å²) < 4.78 is 10.4. The van der Waals surface area contributed by atoms with Crippen LogP contribution in [0.25, 0.3) is 22.4 Å². The number of fused-ring (bicyclic) bond motifs is 5. The second kappa shape index (κ2) is 6.92. The van der Waals surface area contributed by atoms with Crippen molar-refractivity contribution in [1.29, 1.82) is 0 Å². The van der Waals surface area contributed by atoms with Gasteiger partial charge < -0.3 is 9.30 Å². The summed E-state index contributed by atoms with van der Waals surface area (Å²) in [6.07, 6.45) is 9.94. The number of ether oxygens (including phenoxy) is 1. The third kappa shape index (κ3) is 2.89. The van der Waals surface area contributed by atoms with Gasteiger partial charge in [0, 0.05) is 53.2 Å². The predicted molar refractivity (Wildman–Crippen MR) is 122 cm³/mol.